The lowest BCUT2D eigenvalue weighted by Gasteiger charge is -2.14. The molecule has 3 rings (SSSR count). The fourth-order valence-electron chi connectivity index (χ4n) is 2.81. The number of nitrogens with one attached hydrogen (secondary N) is 1. The molecule has 0 radical (unpaired) electrons. The van der Waals surface area contributed by atoms with Gasteiger partial charge in [0.05, 0.1) is 12.3 Å². The zero-order valence-electron chi connectivity index (χ0n) is 15.2. The third-order valence-electron chi connectivity index (χ3n) is 4.45. The SMILES string of the molecule is CCCOc1ccc(/C=C2/C(=O)NN(c3ccccc3)C2=O)c(C)c1C. The van der Waals surface area contributed by atoms with Crippen LogP contribution >= 0.6 is 0 Å². The number of nitrogens with zero attached hydrogens (tertiary/aromatic N) is 1. The van der Waals surface area contributed by atoms with Gasteiger partial charge in [0.15, 0.2) is 0 Å². The van der Waals surface area contributed by atoms with Crippen LogP contribution in [0.15, 0.2) is 48.0 Å². The van der Waals surface area contributed by atoms with Crippen molar-refractivity contribution in [2.24, 2.45) is 0 Å². The first-order chi connectivity index (χ1) is 12.5. The van der Waals surface area contributed by atoms with Crippen LogP contribution in [0.4, 0.5) is 5.69 Å². The maximum atomic E-state index is 12.7. The summed E-state index contributed by atoms with van der Waals surface area (Å²) in [5, 5.41) is 1.27. The molecule has 0 unspecified atom stereocenters. The van der Waals surface area contributed by atoms with Crippen LogP contribution in [-0.2, 0) is 9.59 Å². The van der Waals surface area contributed by atoms with Crippen molar-refractivity contribution >= 4 is 23.6 Å². The molecule has 2 aromatic carbocycles. The zero-order chi connectivity index (χ0) is 18.7. The fourth-order valence-corrected chi connectivity index (χ4v) is 2.81. The summed E-state index contributed by atoms with van der Waals surface area (Å²) in [6.07, 6.45) is 2.58. The molecule has 26 heavy (non-hydrogen) atoms. The van der Waals surface area contributed by atoms with Gasteiger partial charge in [0.2, 0.25) is 0 Å². The number of hydrogen-bond donors (Lipinski definition) is 1. The minimum Gasteiger partial charge on any atom is -0.493 e. The smallest absolute Gasteiger partial charge is 0.282 e. The summed E-state index contributed by atoms with van der Waals surface area (Å²) in [6, 6.07) is 12.8. The number of hydrogen-bond acceptors (Lipinski definition) is 3. The van der Waals surface area contributed by atoms with E-state index in [0.717, 1.165) is 28.9 Å². The summed E-state index contributed by atoms with van der Waals surface area (Å²) < 4.78 is 5.73. The molecule has 2 amide bonds. The second-order valence-corrected chi connectivity index (χ2v) is 6.23. The molecule has 1 N–H and O–H groups in total. The van der Waals surface area contributed by atoms with Gasteiger partial charge in [-0.25, -0.2) is 5.01 Å². The fraction of sp³-hybridized carbons (Fsp3) is 0.238. The Labute approximate surface area is 153 Å². The van der Waals surface area contributed by atoms with Gasteiger partial charge < -0.3 is 4.74 Å². The van der Waals surface area contributed by atoms with Crippen LogP contribution in [0.3, 0.4) is 0 Å². The minimum atomic E-state index is -0.401. The summed E-state index contributed by atoms with van der Waals surface area (Å²) in [5.74, 6) is 0.0754. The number of rotatable bonds is 5. The average Bonchev–Trinajstić information content (AvgIpc) is 2.93. The highest BCUT2D eigenvalue weighted by Crippen LogP contribution is 2.27. The average molecular weight is 350 g/mol. The van der Waals surface area contributed by atoms with Crippen LogP contribution in [0.25, 0.3) is 6.08 Å². The molecule has 5 nitrogen and oxygen atoms in total. The van der Waals surface area contributed by atoms with E-state index in [9.17, 15) is 9.59 Å². The lowest BCUT2D eigenvalue weighted by molar-refractivity contribution is -0.117. The van der Waals surface area contributed by atoms with Gasteiger partial charge in [0, 0.05) is 0 Å². The summed E-state index contributed by atoms with van der Waals surface area (Å²) >= 11 is 0. The Hall–Kier alpha value is -3.08. The third kappa shape index (κ3) is 3.33. The molecule has 0 spiro atoms. The Morgan fingerprint density at radius 3 is 2.46 bits per heavy atom. The molecule has 0 bridgehead atoms. The van der Waals surface area contributed by atoms with Crippen LogP contribution < -0.4 is 15.2 Å². The van der Waals surface area contributed by atoms with Crippen molar-refractivity contribution in [3.8, 4) is 5.75 Å². The lowest BCUT2D eigenvalue weighted by Crippen LogP contribution is -2.35. The standard InChI is InChI=1S/C21H22N2O3/c1-4-12-26-19-11-10-16(14(2)15(19)3)13-18-20(24)22-23(21(18)25)17-8-6-5-7-9-17/h5-11,13H,4,12H2,1-3H3,(H,22,24)/b18-13-. The Morgan fingerprint density at radius 1 is 1.04 bits per heavy atom. The van der Waals surface area contributed by atoms with E-state index in [1.165, 1.54) is 5.01 Å². The third-order valence-corrected chi connectivity index (χ3v) is 4.45. The normalized spacial score (nSPS) is 15.5. The Kier molecular flexibility index (Phi) is 5.07. The molecule has 1 aliphatic heterocycles. The van der Waals surface area contributed by atoms with Crippen molar-refractivity contribution < 1.29 is 14.3 Å². The van der Waals surface area contributed by atoms with Crippen molar-refractivity contribution in [2.45, 2.75) is 27.2 Å². The molecule has 1 saturated heterocycles. The van der Waals surface area contributed by atoms with Gasteiger partial charge in [-0.1, -0.05) is 31.2 Å². The maximum absolute atomic E-state index is 12.7. The number of anilines is 1. The number of amides is 2. The summed E-state index contributed by atoms with van der Waals surface area (Å²) in [5.41, 5.74) is 6.21. The van der Waals surface area contributed by atoms with Crippen LogP contribution in [0.2, 0.25) is 0 Å². The number of benzene rings is 2. The van der Waals surface area contributed by atoms with E-state index in [0.29, 0.717) is 12.3 Å². The first-order valence-corrected chi connectivity index (χ1v) is 8.68. The van der Waals surface area contributed by atoms with E-state index in [2.05, 4.69) is 12.3 Å². The minimum absolute atomic E-state index is 0.124. The van der Waals surface area contributed by atoms with E-state index in [4.69, 9.17) is 4.74 Å². The quantitative estimate of drug-likeness (QED) is 0.663. The van der Waals surface area contributed by atoms with Crippen LogP contribution in [0.5, 0.6) is 5.75 Å². The summed E-state index contributed by atoms with van der Waals surface area (Å²) in [4.78, 5) is 25.0. The van der Waals surface area contributed by atoms with Crippen molar-refractivity contribution in [1.29, 1.82) is 0 Å². The first-order valence-electron chi connectivity index (χ1n) is 8.68. The molecule has 1 aliphatic rings. The predicted octanol–water partition coefficient (Wildman–Crippen LogP) is 3.55. The van der Waals surface area contributed by atoms with Crippen molar-refractivity contribution in [2.75, 3.05) is 11.6 Å². The van der Waals surface area contributed by atoms with Crippen LogP contribution in [0.1, 0.15) is 30.0 Å². The van der Waals surface area contributed by atoms with Gasteiger partial charge in [0.1, 0.15) is 11.3 Å². The van der Waals surface area contributed by atoms with Gasteiger partial charge in [0.25, 0.3) is 11.8 Å². The highest BCUT2D eigenvalue weighted by Gasteiger charge is 2.34. The molecule has 2 aromatic rings. The molecule has 134 valence electrons. The molecule has 0 aromatic heterocycles. The molecule has 0 aliphatic carbocycles. The Morgan fingerprint density at radius 2 is 1.77 bits per heavy atom. The van der Waals surface area contributed by atoms with Gasteiger partial charge >= 0.3 is 0 Å². The Balaban J connectivity index is 1.91. The lowest BCUT2D eigenvalue weighted by atomic mass is 10.00. The highest BCUT2D eigenvalue weighted by molar-refractivity contribution is 6.31. The second-order valence-electron chi connectivity index (χ2n) is 6.23. The van der Waals surface area contributed by atoms with Gasteiger partial charge in [-0.05, 0) is 61.2 Å². The number of carbonyl (C=O) groups is 2. The molecular formula is C21H22N2O3. The van der Waals surface area contributed by atoms with Crippen molar-refractivity contribution in [3.05, 3.63) is 64.7 Å². The van der Waals surface area contributed by atoms with Crippen LogP contribution in [-0.4, -0.2) is 18.4 Å². The van der Waals surface area contributed by atoms with E-state index in [1.807, 2.05) is 44.2 Å². The first kappa shape index (κ1) is 17.7. The molecule has 1 heterocycles. The van der Waals surface area contributed by atoms with Gasteiger partial charge in [-0.2, -0.15) is 0 Å². The largest absolute Gasteiger partial charge is 0.493 e. The number of para-hydroxylation sites is 1. The molecule has 1 fully saturated rings. The van der Waals surface area contributed by atoms with E-state index >= 15 is 0 Å². The van der Waals surface area contributed by atoms with E-state index < -0.39 is 5.91 Å². The molecular weight excluding hydrogens is 328 g/mol. The number of carbonyl (C=O) groups excluding carboxylic acids is 2. The maximum Gasteiger partial charge on any atom is 0.282 e. The molecule has 0 saturated carbocycles. The molecule has 0 atom stereocenters. The van der Waals surface area contributed by atoms with Gasteiger partial charge in [-0.3, -0.25) is 15.0 Å². The topological polar surface area (TPSA) is 58.6 Å². The summed E-state index contributed by atoms with van der Waals surface area (Å²) in [7, 11) is 0. The predicted molar refractivity (Wildman–Crippen MR) is 102 cm³/mol. The second kappa shape index (κ2) is 7.44. The van der Waals surface area contributed by atoms with Crippen molar-refractivity contribution in [3.63, 3.8) is 0 Å². The van der Waals surface area contributed by atoms with E-state index in [-0.39, 0.29) is 11.5 Å². The van der Waals surface area contributed by atoms with Gasteiger partial charge in [-0.15, -0.1) is 0 Å². The molecule has 5 heteroatoms. The number of hydrazine groups is 1. The van der Waals surface area contributed by atoms with Crippen molar-refractivity contribution in [1.82, 2.24) is 5.43 Å². The monoisotopic (exact) mass is 350 g/mol. The highest BCUT2D eigenvalue weighted by atomic mass is 16.5. The number of ether oxygens (including phenoxy) is 1. The summed E-state index contributed by atoms with van der Waals surface area (Å²) in [6.45, 7) is 6.67. The zero-order valence-corrected chi connectivity index (χ0v) is 15.2. The Bertz CT molecular complexity index is 872. The van der Waals surface area contributed by atoms with Crippen LogP contribution in [0, 0.1) is 13.8 Å². The van der Waals surface area contributed by atoms with E-state index in [1.54, 1.807) is 18.2 Å².